The Bertz CT molecular complexity index is 1650. The normalized spacial score (nSPS) is 11.2. The van der Waals surface area contributed by atoms with Crippen molar-refractivity contribution in [2.75, 3.05) is 0 Å². The molecular weight excluding hydrogens is 396 g/mol. The fourth-order valence-electron chi connectivity index (χ4n) is 4.33. The van der Waals surface area contributed by atoms with Gasteiger partial charge in [0, 0.05) is 31.9 Å². The number of hydrogen-bond acceptors (Lipinski definition) is 3. The predicted molar refractivity (Wildman–Crippen MR) is 130 cm³/mol. The highest BCUT2D eigenvalue weighted by Crippen LogP contribution is 2.42. The van der Waals surface area contributed by atoms with Gasteiger partial charge < -0.3 is 0 Å². The molecule has 0 radical (unpaired) electrons. The molecule has 0 spiro atoms. The number of nitriles is 1. The summed E-state index contributed by atoms with van der Waals surface area (Å²) in [6.07, 6.45) is 1.69. The van der Waals surface area contributed by atoms with E-state index in [1.807, 2.05) is 23.5 Å². The van der Waals surface area contributed by atoms with Gasteiger partial charge in [0.1, 0.15) is 0 Å². The van der Waals surface area contributed by atoms with Crippen LogP contribution in [0.15, 0.2) is 97.2 Å². The molecule has 6 rings (SSSR count). The molecule has 0 aliphatic carbocycles. The zero-order valence-electron chi connectivity index (χ0n) is 16.5. The first kappa shape index (κ1) is 17.8. The van der Waals surface area contributed by atoms with Crippen LogP contribution in [-0.4, -0.2) is 4.98 Å². The van der Waals surface area contributed by atoms with Crippen LogP contribution in [0.25, 0.3) is 53.3 Å². The molecule has 0 amide bonds. The van der Waals surface area contributed by atoms with Crippen LogP contribution < -0.4 is 0 Å². The van der Waals surface area contributed by atoms with Gasteiger partial charge in [-0.15, -0.1) is 11.3 Å². The summed E-state index contributed by atoms with van der Waals surface area (Å²) in [6.45, 7) is 0. The lowest BCUT2D eigenvalue weighted by atomic mass is 9.94. The quantitative estimate of drug-likeness (QED) is 0.291. The van der Waals surface area contributed by atoms with E-state index in [9.17, 15) is 5.26 Å². The van der Waals surface area contributed by atoms with Crippen LogP contribution in [0, 0.1) is 11.3 Å². The van der Waals surface area contributed by atoms with Gasteiger partial charge in [-0.05, 0) is 52.2 Å². The summed E-state index contributed by atoms with van der Waals surface area (Å²) >= 11 is 1.84. The first-order chi connectivity index (χ1) is 15.3. The van der Waals surface area contributed by atoms with Gasteiger partial charge in [0.25, 0.3) is 0 Å². The predicted octanol–water partition coefficient (Wildman–Crippen LogP) is 7.81. The van der Waals surface area contributed by atoms with E-state index in [2.05, 4.69) is 83.8 Å². The zero-order valence-corrected chi connectivity index (χ0v) is 17.4. The van der Waals surface area contributed by atoms with Gasteiger partial charge in [-0.2, -0.15) is 5.26 Å². The number of aromatic nitrogens is 1. The summed E-state index contributed by atoms with van der Waals surface area (Å²) in [7, 11) is 0. The SMILES string of the molecule is N#Cc1ccnc(-c2cccc(-c3cc4sc5ccccc5c4c4ccccc34)c2)c1. The highest BCUT2D eigenvalue weighted by Gasteiger charge is 2.13. The summed E-state index contributed by atoms with van der Waals surface area (Å²) in [4.78, 5) is 4.48. The molecular formula is C28H16N2S. The van der Waals surface area contributed by atoms with Crippen molar-refractivity contribution in [1.82, 2.24) is 4.98 Å². The van der Waals surface area contributed by atoms with E-state index in [4.69, 9.17) is 0 Å². The van der Waals surface area contributed by atoms with E-state index >= 15 is 0 Å². The summed E-state index contributed by atoms with van der Waals surface area (Å²) in [5.74, 6) is 0. The van der Waals surface area contributed by atoms with Crippen LogP contribution in [0.1, 0.15) is 5.56 Å². The molecule has 0 saturated heterocycles. The molecule has 0 fully saturated rings. The van der Waals surface area contributed by atoms with Gasteiger partial charge in [0.05, 0.1) is 17.3 Å². The number of benzene rings is 4. The summed E-state index contributed by atoms with van der Waals surface area (Å²) in [5.41, 5.74) is 4.81. The van der Waals surface area contributed by atoms with Gasteiger partial charge in [-0.3, -0.25) is 4.98 Å². The number of rotatable bonds is 2. The van der Waals surface area contributed by atoms with Gasteiger partial charge in [0.2, 0.25) is 0 Å². The number of pyridine rings is 1. The molecule has 0 N–H and O–H groups in total. The highest BCUT2D eigenvalue weighted by molar-refractivity contribution is 7.26. The minimum atomic E-state index is 0.618. The third kappa shape index (κ3) is 2.89. The van der Waals surface area contributed by atoms with Crippen molar-refractivity contribution in [3.05, 3.63) is 103 Å². The Morgan fingerprint density at radius 2 is 1.45 bits per heavy atom. The number of fused-ring (bicyclic) bond motifs is 5. The van der Waals surface area contributed by atoms with E-state index in [1.165, 1.54) is 36.5 Å². The van der Waals surface area contributed by atoms with Crippen LogP contribution in [0.4, 0.5) is 0 Å². The fraction of sp³-hybridized carbons (Fsp3) is 0. The van der Waals surface area contributed by atoms with Crippen molar-refractivity contribution in [3.8, 4) is 28.5 Å². The lowest BCUT2D eigenvalue weighted by Crippen LogP contribution is -1.87. The Balaban J connectivity index is 1.63. The fourth-order valence-corrected chi connectivity index (χ4v) is 5.49. The summed E-state index contributed by atoms with van der Waals surface area (Å²) < 4.78 is 2.61. The second-order valence-corrected chi connectivity index (χ2v) is 8.65. The number of thiophene rings is 1. The van der Waals surface area contributed by atoms with Crippen molar-refractivity contribution in [1.29, 1.82) is 5.26 Å². The van der Waals surface area contributed by atoms with Crippen molar-refractivity contribution in [2.24, 2.45) is 0 Å². The molecule has 6 aromatic rings. The molecule has 2 aromatic heterocycles. The third-order valence-corrected chi connectivity index (χ3v) is 6.86. The van der Waals surface area contributed by atoms with E-state index < -0.39 is 0 Å². The largest absolute Gasteiger partial charge is 0.256 e. The van der Waals surface area contributed by atoms with Crippen molar-refractivity contribution < 1.29 is 0 Å². The molecule has 0 bridgehead atoms. The smallest absolute Gasteiger partial charge is 0.0992 e. The molecule has 0 aliphatic rings. The maximum Gasteiger partial charge on any atom is 0.0992 e. The Morgan fingerprint density at radius 3 is 2.32 bits per heavy atom. The molecule has 144 valence electrons. The third-order valence-electron chi connectivity index (χ3n) is 5.74. The van der Waals surface area contributed by atoms with Crippen LogP contribution in [0.3, 0.4) is 0 Å². The Morgan fingerprint density at radius 1 is 0.677 bits per heavy atom. The van der Waals surface area contributed by atoms with Crippen molar-refractivity contribution >= 4 is 42.3 Å². The van der Waals surface area contributed by atoms with Crippen molar-refractivity contribution in [2.45, 2.75) is 0 Å². The number of hydrogen-bond donors (Lipinski definition) is 0. The first-order valence-electron chi connectivity index (χ1n) is 10.1. The average Bonchev–Trinajstić information content (AvgIpc) is 3.22. The Hall–Kier alpha value is -4.00. The lowest BCUT2D eigenvalue weighted by molar-refractivity contribution is 1.31. The second-order valence-electron chi connectivity index (χ2n) is 7.56. The lowest BCUT2D eigenvalue weighted by Gasteiger charge is -2.11. The van der Waals surface area contributed by atoms with Crippen molar-refractivity contribution in [3.63, 3.8) is 0 Å². The van der Waals surface area contributed by atoms with Gasteiger partial charge in [0.15, 0.2) is 0 Å². The molecule has 0 saturated carbocycles. The molecule has 4 aromatic carbocycles. The maximum absolute atomic E-state index is 9.24. The molecule has 0 aliphatic heterocycles. The average molecular weight is 413 g/mol. The standard InChI is InChI=1S/C28H16N2S/c29-17-18-12-13-30-25(14-18)20-7-5-6-19(15-20)24-16-27-28(22-9-2-1-8-21(22)24)23-10-3-4-11-26(23)31-27/h1-16H. The summed E-state index contributed by atoms with van der Waals surface area (Å²) in [6, 6.07) is 33.8. The molecule has 0 unspecified atom stereocenters. The Kier molecular flexibility index (Phi) is 4.06. The topological polar surface area (TPSA) is 36.7 Å². The van der Waals surface area contributed by atoms with E-state index in [0.717, 1.165) is 16.8 Å². The van der Waals surface area contributed by atoms with Gasteiger partial charge in [-0.25, -0.2) is 0 Å². The molecule has 2 heterocycles. The van der Waals surface area contributed by atoms with E-state index in [-0.39, 0.29) is 0 Å². The summed E-state index contributed by atoms with van der Waals surface area (Å²) in [5, 5.41) is 14.4. The van der Waals surface area contributed by atoms with Crippen LogP contribution >= 0.6 is 11.3 Å². The van der Waals surface area contributed by atoms with E-state index in [0.29, 0.717) is 5.56 Å². The van der Waals surface area contributed by atoms with Crippen LogP contribution in [0.5, 0.6) is 0 Å². The monoisotopic (exact) mass is 412 g/mol. The Labute approximate surface area is 183 Å². The van der Waals surface area contributed by atoms with E-state index in [1.54, 1.807) is 12.3 Å². The van der Waals surface area contributed by atoms with Crippen LogP contribution in [-0.2, 0) is 0 Å². The highest BCUT2D eigenvalue weighted by atomic mass is 32.1. The van der Waals surface area contributed by atoms with Gasteiger partial charge in [-0.1, -0.05) is 60.7 Å². The molecule has 3 heteroatoms. The molecule has 0 atom stereocenters. The molecule has 31 heavy (non-hydrogen) atoms. The van der Waals surface area contributed by atoms with Gasteiger partial charge >= 0.3 is 0 Å². The molecule has 2 nitrogen and oxygen atoms in total. The minimum absolute atomic E-state index is 0.618. The second kappa shape index (κ2) is 7.05. The minimum Gasteiger partial charge on any atom is -0.256 e. The maximum atomic E-state index is 9.24. The first-order valence-corrected chi connectivity index (χ1v) is 10.9. The number of nitrogens with zero attached hydrogens (tertiary/aromatic N) is 2. The van der Waals surface area contributed by atoms with Crippen LogP contribution in [0.2, 0.25) is 0 Å². The zero-order chi connectivity index (χ0) is 20.8.